The maximum Gasteiger partial charge on any atom is 0.218 e. The lowest BCUT2D eigenvalue weighted by molar-refractivity contribution is 0.833. The van der Waals surface area contributed by atoms with E-state index in [1.807, 2.05) is 18.2 Å². The Kier molecular flexibility index (Phi) is 3.02. The zero-order valence-electron chi connectivity index (χ0n) is 12.0. The van der Waals surface area contributed by atoms with Crippen LogP contribution in [0.5, 0.6) is 0 Å². The topological polar surface area (TPSA) is 55.9 Å². The monoisotopic (exact) mass is 288 g/mol. The van der Waals surface area contributed by atoms with Crippen LogP contribution in [-0.4, -0.2) is 9.55 Å². The van der Waals surface area contributed by atoms with Gasteiger partial charge in [-0.2, -0.15) is 0 Å². The highest BCUT2D eigenvalue weighted by Crippen LogP contribution is 2.24. The van der Waals surface area contributed by atoms with Crippen molar-refractivity contribution >= 4 is 27.8 Å². The Bertz CT molecular complexity index is 950. The van der Waals surface area contributed by atoms with Gasteiger partial charge in [0.2, 0.25) is 5.95 Å². The Morgan fingerprint density at radius 2 is 1.68 bits per heavy atom. The van der Waals surface area contributed by atoms with Crippen LogP contribution in [0.25, 0.3) is 21.8 Å². The number of anilines is 1. The Morgan fingerprint density at radius 1 is 0.909 bits per heavy atom. The zero-order chi connectivity index (χ0) is 14.9. The minimum atomic E-state index is 0.675. The normalized spacial score (nSPS) is 11.1. The summed E-state index contributed by atoms with van der Waals surface area (Å²) in [6, 6.07) is 22.8. The van der Waals surface area contributed by atoms with Crippen molar-refractivity contribution < 1.29 is 0 Å². The predicted octanol–water partition coefficient (Wildman–Crippen LogP) is 3.52. The third kappa shape index (κ3) is 2.01. The Labute approximate surface area is 128 Å². The Balaban J connectivity index is 1.89. The maximum atomic E-state index is 5.65. The molecule has 0 saturated heterocycles. The van der Waals surface area contributed by atoms with E-state index in [1.165, 1.54) is 16.3 Å². The number of hydrogen-bond donors (Lipinski definition) is 2. The van der Waals surface area contributed by atoms with Gasteiger partial charge in [-0.05, 0) is 28.5 Å². The fourth-order valence-corrected chi connectivity index (χ4v) is 2.95. The molecule has 4 nitrogen and oxygen atoms in total. The van der Waals surface area contributed by atoms with Crippen LogP contribution in [0.3, 0.4) is 0 Å². The highest BCUT2D eigenvalue weighted by molar-refractivity contribution is 5.86. The van der Waals surface area contributed by atoms with Gasteiger partial charge >= 0.3 is 0 Å². The number of hydrazine groups is 1. The SMILES string of the molecule is NNc1nc2ccccc2n1Cc1cccc2ccccc12. The van der Waals surface area contributed by atoms with E-state index in [9.17, 15) is 0 Å². The van der Waals surface area contributed by atoms with Crippen molar-refractivity contribution in [3.05, 3.63) is 72.3 Å². The van der Waals surface area contributed by atoms with Gasteiger partial charge in [0, 0.05) is 0 Å². The van der Waals surface area contributed by atoms with Crippen molar-refractivity contribution in [2.75, 3.05) is 5.43 Å². The molecule has 0 aliphatic heterocycles. The molecule has 4 aromatic rings. The fraction of sp³-hybridized carbons (Fsp3) is 0.0556. The fourth-order valence-electron chi connectivity index (χ4n) is 2.95. The van der Waals surface area contributed by atoms with Gasteiger partial charge in [-0.1, -0.05) is 54.6 Å². The molecular formula is C18H16N4. The molecule has 1 aromatic heterocycles. The molecule has 0 fully saturated rings. The van der Waals surface area contributed by atoms with Crippen LogP contribution in [0, 0.1) is 0 Å². The smallest absolute Gasteiger partial charge is 0.218 e. The lowest BCUT2D eigenvalue weighted by Crippen LogP contribution is -2.13. The number of nitrogens with one attached hydrogen (secondary N) is 1. The Morgan fingerprint density at radius 3 is 2.59 bits per heavy atom. The maximum absolute atomic E-state index is 5.65. The lowest BCUT2D eigenvalue weighted by Gasteiger charge is -2.11. The standard InChI is InChI=1S/C18H16N4/c19-21-18-20-16-10-3-4-11-17(16)22(18)12-14-8-5-7-13-6-1-2-9-15(13)14/h1-11H,12,19H2,(H,20,21). The van der Waals surface area contributed by atoms with E-state index in [2.05, 4.69) is 63.5 Å². The summed E-state index contributed by atoms with van der Waals surface area (Å²) in [4.78, 5) is 4.53. The van der Waals surface area contributed by atoms with Gasteiger partial charge in [0.05, 0.1) is 17.6 Å². The molecule has 0 unspecified atom stereocenters. The first-order valence-corrected chi connectivity index (χ1v) is 7.25. The molecule has 0 aliphatic rings. The number of imidazole rings is 1. The van der Waals surface area contributed by atoms with E-state index in [0.717, 1.165) is 17.6 Å². The van der Waals surface area contributed by atoms with E-state index in [1.54, 1.807) is 0 Å². The summed E-state index contributed by atoms with van der Waals surface area (Å²) in [5.41, 5.74) is 5.97. The number of aromatic nitrogens is 2. The van der Waals surface area contributed by atoms with Crippen LogP contribution in [0.15, 0.2) is 66.7 Å². The summed E-state index contributed by atoms with van der Waals surface area (Å²) in [5.74, 6) is 6.32. The van der Waals surface area contributed by atoms with E-state index >= 15 is 0 Å². The second-order valence-electron chi connectivity index (χ2n) is 5.29. The van der Waals surface area contributed by atoms with E-state index in [-0.39, 0.29) is 0 Å². The van der Waals surface area contributed by atoms with Crippen LogP contribution in [0.4, 0.5) is 5.95 Å². The van der Waals surface area contributed by atoms with E-state index < -0.39 is 0 Å². The van der Waals surface area contributed by atoms with Crippen LogP contribution < -0.4 is 11.3 Å². The minimum absolute atomic E-state index is 0.675. The molecule has 22 heavy (non-hydrogen) atoms. The first-order chi connectivity index (χ1) is 10.9. The van der Waals surface area contributed by atoms with Crippen molar-refractivity contribution in [1.29, 1.82) is 0 Å². The number of fused-ring (bicyclic) bond motifs is 2. The third-order valence-electron chi connectivity index (χ3n) is 3.99. The van der Waals surface area contributed by atoms with Crippen molar-refractivity contribution in [3.8, 4) is 0 Å². The van der Waals surface area contributed by atoms with Gasteiger partial charge < -0.3 is 4.57 Å². The summed E-state index contributed by atoms with van der Waals surface area (Å²) in [6.45, 7) is 0.724. The highest BCUT2D eigenvalue weighted by atomic mass is 15.3. The first-order valence-electron chi connectivity index (χ1n) is 7.25. The average Bonchev–Trinajstić information content (AvgIpc) is 2.93. The summed E-state index contributed by atoms with van der Waals surface area (Å²) in [7, 11) is 0. The number of nitrogens with two attached hydrogens (primary N) is 1. The van der Waals surface area contributed by atoms with Crippen molar-refractivity contribution in [3.63, 3.8) is 0 Å². The van der Waals surface area contributed by atoms with Gasteiger partial charge in [-0.25, -0.2) is 10.8 Å². The van der Waals surface area contributed by atoms with Crippen molar-refractivity contribution in [2.24, 2.45) is 5.84 Å². The van der Waals surface area contributed by atoms with Crippen LogP contribution in [0.1, 0.15) is 5.56 Å². The number of para-hydroxylation sites is 2. The molecule has 3 aromatic carbocycles. The number of nitrogen functional groups attached to an aromatic ring is 1. The largest absolute Gasteiger partial charge is 0.305 e. The summed E-state index contributed by atoms with van der Waals surface area (Å²) in [6.07, 6.45) is 0. The quantitative estimate of drug-likeness (QED) is 0.448. The molecule has 4 rings (SSSR count). The molecule has 3 N–H and O–H groups in total. The summed E-state index contributed by atoms with van der Waals surface area (Å²) in [5, 5.41) is 2.50. The average molecular weight is 288 g/mol. The number of rotatable bonds is 3. The first kappa shape index (κ1) is 12.9. The molecule has 0 radical (unpaired) electrons. The second-order valence-corrected chi connectivity index (χ2v) is 5.29. The molecule has 0 amide bonds. The number of nitrogens with zero attached hydrogens (tertiary/aromatic N) is 2. The zero-order valence-corrected chi connectivity index (χ0v) is 12.0. The number of hydrogen-bond acceptors (Lipinski definition) is 3. The van der Waals surface area contributed by atoms with E-state index in [4.69, 9.17) is 5.84 Å². The van der Waals surface area contributed by atoms with Gasteiger partial charge in [0.15, 0.2) is 0 Å². The van der Waals surface area contributed by atoms with Gasteiger partial charge in [0.1, 0.15) is 0 Å². The highest BCUT2D eigenvalue weighted by Gasteiger charge is 2.10. The van der Waals surface area contributed by atoms with Crippen molar-refractivity contribution in [2.45, 2.75) is 6.54 Å². The third-order valence-corrected chi connectivity index (χ3v) is 3.99. The molecule has 0 saturated carbocycles. The van der Waals surface area contributed by atoms with Crippen LogP contribution in [0.2, 0.25) is 0 Å². The predicted molar refractivity (Wildman–Crippen MR) is 90.6 cm³/mol. The lowest BCUT2D eigenvalue weighted by atomic mass is 10.0. The number of benzene rings is 3. The second kappa shape index (κ2) is 5.16. The van der Waals surface area contributed by atoms with Crippen LogP contribution >= 0.6 is 0 Å². The summed E-state index contributed by atoms with van der Waals surface area (Å²) < 4.78 is 2.11. The molecule has 4 heteroatoms. The molecule has 1 heterocycles. The minimum Gasteiger partial charge on any atom is -0.305 e. The van der Waals surface area contributed by atoms with Gasteiger partial charge in [-0.15, -0.1) is 0 Å². The van der Waals surface area contributed by atoms with Crippen molar-refractivity contribution in [1.82, 2.24) is 9.55 Å². The molecular weight excluding hydrogens is 272 g/mol. The van der Waals surface area contributed by atoms with Gasteiger partial charge in [-0.3, -0.25) is 5.43 Å². The molecule has 0 aliphatic carbocycles. The molecule has 0 bridgehead atoms. The molecule has 0 atom stereocenters. The Hall–Kier alpha value is -2.85. The summed E-state index contributed by atoms with van der Waals surface area (Å²) >= 11 is 0. The van der Waals surface area contributed by atoms with E-state index in [0.29, 0.717) is 5.95 Å². The van der Waals surface area contributed by atoms with Crippen LogP contribution in [-0.2, 0) is 6.54 Å². The molecule has 0 spiro atoms. The molecule has 108 valence electrons. The van der Waals surface area contributed by atoms with Gasteiger partial charge in [0.25, 0.3) is 0 Å².